The predicted octanol–water partition coefficient (Wildman–Crippen LogP) is 0.297. The molecule has 0 saturated carbocycles. The summed E-state index contributed by atoms with van der Waals surface area (Å²) in [5.41, 5.74) is 1.11. The Morgan fingerprint density at radius 3 is 2.42 bits per heavy atom. The van der Waals surface area contributed by atoms with E-state index in [0.29, 0.717) is 0 Å². The van der Waals surface area contributed by atoms with Crippen LogP contribution in [0.4, 0.5) is 5.69 Å². The van der Waals surface area contributed by atoms with Crippen LogP contribution in [0.15, 0.2) is 30.3 Å². The van der Waals surface area contributed by atoms with E-state index in [2.05, 4.69) is 5.32 Å². The van der Waals surface area contributed by atoms with Gasteiger partial charge in [-0.25, -0.2) is 0 Å². The molecule has 0 spiro atoms. The van der Waals surface area contributed by atoms with E-state index >= 15 is 0 Å². The van der Waals surface area contributed by atoms with Gasteiger partial charge in [0.1, 0.15) is 0 Å². The summed E-state index contributed by atoms with van der Waals surface area (Å²) in [5, 5.41) is 11.7. The highest BCUT2D eigenvalue weighted by atomic mass is 27.0. The van der Waals surface area contributed by atoms with Crippen LogP contribution in [0.5, 0.6) is 0 Å². The highest BCUT2D eigenvalue weighted by molar-refractivity contribution is 5.75. The van der Waals surface area contributed by atoms with Crippen molar-refractivity contribution in [1.82, 2.24) is 0 Å². The molecule has 0 unspecified atom stereocenters. The Labute approximate surface area is 83.7 Å². The maximum atomic E-state index is 8.50. The van der Waals surface area contributed by atoms with Gasteiger partial charge in [0.15, 0.2) is 17.4 Å². The zero-order chi connectivity index (χ0) is 7.94. The van der Waals surface area contributed by atoms with Crippen LogP contribution >= 0.6 is 0 Å². The molecule has 0 aliphatic rings. The van der Waals surface area contributed by atoms with Gasteiger partial charge in [-0.05, 0) is 18.6 Å². The van der Waals surface area contributed by atoms with Crippen molar-refractivity contribution in [3.8, 4) is 0 Å². The summed E-state index contributed by atoms with van der Waals surface area (Å²) < 4.78 is 0. The van der Waals surface area contributed by atoms with Gasteiger partial charge in [-0.1, -0.05) is 18.2 Å². The Morgan fingerprint density at radius 1 is 1.17 bits per heavy atom. The topological polar surface area (TPSA) is 32.3 Å². The van der Waals surface area contributed by atoms with Gasteiger partial charge < -0.3 is 10.4 Å². The standard InChI is InChI=1S/C9H13NO.Al.3H/c11-8-4-7-10-9-5-2-1-3-6-9;;;;/h1-3,5-6,10-11H,4,7-8H2;;;;. The van der Waals surface area contributed by atoms with Crippen molar-refractivity contribution in [2.24, 2.45) is 0 Å². The molecular weight excluding hydrogens is 165 g/mol. The number of anilines is 1. The maximum Gasteiger partial charge on any atom is 0.187 e. The zero-order valence-electron chi connectivity index (χ0n) is 6.46. The van der Waals surface area contributed by atoms with E-state index in [4.69, 9.17) is 5.11 Å². The molecule has 3 heteroatoms. The van der Waals surface area contributed by atoms with Crippen LogP contribution in [0.25, 0.3) is 0 Å². The minimum atomic E-state index is 0. The first-order chi connectivity index (χ1) is 5.43. The molecule has 0 saturated heterocycles. The van der Waals surface area contributed by atoms with E-state index < -0.39 is 0 Å². The highest BCUT2D eigenvalue weighted by Gasteiger charge is 1.86. The molecule has 1 aromatic rings. The highest BCUT2D eigenvalue weighted by Crippen LogP contribution is 2.03. The van der Waals surface area contributed by atoms with Crippen LogP contribution in [0, 0.1) is 0 Å². The lowest BCUT2D eigenvalue weighted by atomic mass is 10.3. The monoisotopic (exact) mass is 181 g/mol. The second-order valence-corrected chi connectivity index (χ2v) is 2.37. The number of aliphatic hydroxyl groups excluding tert-OH is 1. The fraction of sp³-hybridized carbons (Fsp3) is 0.333. The van der Waals surface area contributed by atoms with Crippen LogP contribution < -0.4 is 5.32 Å². The van der Waals surface area contributed by atoms with Gasteiger partial charge in [0, 0.05) is 18.8 Å². The molecule has 0 amide bonds. The molecule has 2 nitrogen and oxygen atoms in total. The third kappa shape index (κ3) is 4.40. The van der Waals surface area contributed by atoms with Crippen LogP contribution in [-0.2, 0) is 0 Å². The first-order valence-electron chi connectivity index (χ1n) is 3.83. The van der Waals surface area contributed by atoms with Crippen molar-refractivity contribution in [1.29, 1.82) is 0 Å². The minimum Gasteiger partial charge on any atom is -0.396 e. The summed E-state index contributed by atoms with van der Waals surface area (Å²) in [6.07, 6.45) is 0.800. The smallest absolute Gasteiger partial charge is 0.187 e. The summed E-state index contributed by atoms with van der Waals surface area (Å²) >= 11 is 0. The average molecular weight is 181 g/mol. The SMILES string of the molecule is OCCCNc1ccccc1.[AlH3]. The first kappa shape index (κ1) is 11.5. The molecule has 0 atom stereocenters. The Bertz CT molecular complexity index is 191. The third-order valence-corrected chi connectivity index (χ3v) is 1.44. The molecule has 0 bridgehead atoms. The van der Waals surface area contributed by atoms with Gasteiger partial charge in [-0.2, -0.15) is 0 Å². The molecule has 0 fully saturated rings. The fourth-order valence-electron chi connectivity index (χ4n) is 0.868. The fourth-order valence-corrected chi connectivity index (χ4v) is 0.868. The van der Waals surface area contributed by atoms with Crippen LogP contribution in [0.1, 0.15) is 6.42 Å². The van der Waals surface area contributed by atoms with Crippen molar-refractivity contribution < 1.29 is 5.11 Å². The molecule has 0 aliphatic carbocycles. The number of aliphatic hydroxyl groups is 1. The van der Waals surface area contributed by atoms with Crippen molar-refractivity contribution >= 4 is 23.0 Å². The Balaban J connectivity index is 0.00000121. The Morgan fingerprint density at radius 2 is 1.83 bits per heavy atom. The van der Waals surface area contributed by atoms with Gasteiger partial charge in [-0.3, -0.25) is 0 Å². The average Bonchev–Trinajstić information content (AvgIpc) is 2.07. The first-order valence-corrected chi connectivity index (χ1v) is 3.83. The van der Waals surface area contributed by atoms with Crippen LogP contribution in [0.2, 0.25) is 0 Å². The van der Waals surface area contributed by atoms with Gasteiger partial charge in [0.2, 0.25) is 0 Å². The summed E-state index contributed by atoms with van der Waals surface area (Å²) in [6.45, 7) is 1.08. The van der Waals surface area contributed by atoms with Gasteiger partial charge in [-0.15, -0.1) is 0 Å². The molecule has 1 aromatic carbocycles. The second kappa shape index (κ2) is 7.18. The van der Waals surface area contributed by atoms with E-state index in [-0.39, 0.29) is 24.0 Å². The van der Waals surface area contributed by atoms with Crippen LogP contribution in [-0.4, -0.2) is 35.6 Å². The van der Waals surface area contributed by atoms with Crippen molar-refractivity contribution in [2.45, 2.75) is 6.42 Å². The number of rotatable bonds is 4. The largest absolute Gasteiger partial charge is 0.396 e. The summed E-state index contributed by atoms with van der Waals surface area (Å²) in [6, 6.07) is 9.98. The third-order valence-electron chi connectivity index (χ3n) is 1.44. The lowest BCUT2D eigenvalue weighted by Gasteiger charge is -2.03. The molecule has 0 aromatic heterocycles. The van der Waals surface area contributed by atoms with Gasteiger partial charge in [0.05, 0.1) is 0 Å². The number of benzene rings is 1. The predicted molar refractivity (Wildman–Crippen MR) is 56.6 cm³/mol. The number of nitrogens with one attached hydrogen (secondary N) is 1. The molecule has 0 radical (unpaired) electrons. The summed E-state index contributed by atoms with van der Waals surface area (Å²) in [5.74, 6) is 0. The van der Waals surface area contributed by atoms with Crippen molar-refractivity contribution in [2.75, 3.05) is 18.5 Å². The summed E-state index contributed by atoms with van der Waals surface area (Å²) in [4.78, 5) is 0. The lowest BCUT2D eigenvalue weighted by Crippen LogP contribution is -2.02. The van der Waals surface area contributed by atoms with Gasteiger partial charge in [0.25, 0.3) is 0 Å². The number of hydrogen-bond acceptors (Lipinski definition) is 2. The molecule has 1 rings (SSSR count). The van der Waals surface area contributed by atoms with Crippen molar-refractivity contribution in [3.05, 3.63) is 30.3 Å². The molecule has 66 valence electrons. The lowest BCUT2D eigenvalue weighted by molar-refractivity contribution is 0.292. The van der Waals surface area contributed by atoms with Crippen LogP contribution in [0.3, 0.4) is 0 Å². The maximum absolute atomic E-state index is 8.50. The van der Waals surface area contributed by atoms with E-state index in [1.54, 1.807) is 0 Å². The summed E-state index contributed by atoms with van der Waals surface area (Å²) in [7, 11) is 0. The van der Waals surface area contributed by atoms with Gasteiger partial charge >= 0.3 is 0 Å². The Hall–Kier alpha value is -0.488. The quantitative estimate of drug-likeness (QED) is 0.517. The molecule has 12 heavy (non-hydrogen) atoms. The molecule has 2 N–H and O–H groups in total. The van der Waals surface area contributed by atoms with E-state index in [9.17, 15) is 0 Å². The number of hydrogen-bond donors (Lipinski definition) is 2. The van der Waals surface area contributed by atoms with E-state index in [1.807, 2.05) is 30.3 Å². The van der Waals surface area contributed by atoms with E-state index in [0.717, 1.165) is 18.7 Å². The normalized spacial score (nSPS) is 8.75. The Kier molecular flexibility index (Phi) is 6.89. The number of para-hydroxylation sites is 1. The van der Waals surface area contributed by atoms with E-state index in [1.165, 1.54) is 0 Å². The zero-order valence-corrected chi connectivity index (χ0v) is 6.46. The van der Waals surface area contributed by atoms with Crippen molar-refractivity contribution in [3.63, 3.8) is 0 Å². The molecule has 0 heterocycles. The minimum absolute atomic E-state index is 0. The molecule has 0 aliphatic heterocycles. The second-order valence-electron chi connectivity index (χ2n) is 2.37. The molecular formula is C9H16AlNO.